The summed E-state index contributed by atoms with van der Waals surface area (Å²) >= 11 is 3.45. The Morgan fingerprint density at radius 1 is 1.21 bits per heavy atom. The van der Waals surface area contributed by atoms with Gasteiger partial charge >= 0.3 is 0 Å². The first kappa shape index (κ1) is 24.9. The molecule has 3 fully saturated rings. The minimum Gasteiger partial charge on any atom is -0.379 e. The van der Waals surface area contributed by atoms with E-state index in [1.165, 1.54) is 31.0 Å². The highest BCUT2D eigenvalue weighted by Gasteiger charge is 2.41. The Morgan fingerprint density at radius 3 is 2.70 bits per heavy atom. The van der Waals surface area contributed by atoms with Crippen LogP contribution in [0.2, 0.25) is 0 Å². The molecule has 1 aliphatic carbocycles. The maximum atomic E-state index is 13.2. The standard InChI is InChI=1S/C25H37N3O3S2/c1-27(20-7-3-2-4-8-20)23(29)17-33-22-10-6-5-9-21(22)24(30)26-18-25(11-16-32-19-25)28-12-14-31-15-13-28/h5-6,9-10,20H,2-4,7-8,11-19H2,1H3,(H,26,30). The number of nitrogens with zero attached hydrogens (tertiary/aromatic N) is 2. The van der Waals surface area contributed by atoms with E-state index in [9.17, 15) is 9.59 Å². The van der Waals surface area contributed by atoms with Crippen LogP contribution < -0.4 is 5.32 Å². The van der Waals surface area contributed by atoms with E-state index < -0.39 is 0 Å². The zero-order valence-electron chi connectivity index (χ0n) is 19.7. The van der Waals surface area contributed by atoms with Crippen molar-refractivity contribution in [2.45, 2.75) is 55.0 Å². The van der Waals surface area contributed by atoms with Crippen molar-refractivity contribution in [3.8, 4) is 0 Å². The molecule has 1 N–H and O–H groups in total. The third-order valence-electron chi connectivity index (χ3n) is 7.34. The number of morpholine rings is 1. The van der Waals surface area contributed by atoms with Crippen LogP contribution in [-0.2, 0) is 9.53 Å². The van der Waals surface area contributed by atoms with Crippen molar-refractivity contribution in [1.29, 1.82) is 0 Å². The smallest absolute Gasteiger partial charge is 0.252 e. The van der Waals surface area contributed by atoms with Gasteiger partial charge in [-0.05, 0) is 37.1 Å². The van der Waals surface area contributed by atoms with Gasteiger partial charge in [0.1, 0.15) is 0 Å². The molecular weight excluding hydrogens is 454 g/mol. The summed E-state index contributed by atoms with van der Waals surface area (Å²) in [6.07, 6.45) is 7.01. The van der Waals surface area contributed by atoms with E-state index in [-0.39, 0.29) is 17.4 Å². The van der Waals surface area contributed by atoms with Gasteiger partial charge in [-0.2, -0.15) is 11.8 Å². The quantitative estimate of drug-likeness (QED) is 0.562. The molecule has 3 aliphatic rings. The van der Waals surface area contributed by atoms with Crippen LogP contribution in [0.15, 0.2) is 29.2 Å². The second kappa shape index (κ2) is 12.0. The van der Waals surface area contributed by atoms with Crippen LogP contribution in [0.4, 0.5) is 0 Å². The van der Waals surface area contributed by atoms with Gasteiger partial charge in [0, 0.05) is 48.9 Å². The van der Waals surface area contributed by atoms with Crippen LogP contribution in [0, 0.1) is 0 Å². The summed E-state index contributed by atoms with van der Waals surface area (Å²) in [5, 5.41) is 3.24. The predicted octanol–water partition coefficient (Wildman–Crippen LogP) is 3.51. The molecule has 1 aromatic carbocycles. The fraction of sp³-hybridized carbons (Fsp3) is 0.680. The van der Waals surface area contributed by atoms with Crippen molar-refractivity contribution in [2.75, 3.05) is 57.2 Å². The fourth-order valence-electron chi connectivity index (χ4n) is 5.17. The number of hydrogen-bond acceptors (Lipinski definition) is 6. The van der Waals surface area contributed by atoms with Crippen LogP contribution in [0.5, 0.6) is 0 Å². The highest BCUT2D eigenvalue weighted by molar-refractivity contribution is 8.00. The highest BCUT2D eigenvalue weighted by atomic mass is 32.2. The Labute approximate surface area is 206 Å². The molecule has 0 aromatic heterocycles. The average molecular weight is 492 g/mol. The summed E-state index contributed by atoms with van der Waals surface area (Å²) in [5.41, 5.74) is 0.684. The van der Waals surface area contributed by atoms with Crippen LogP contribution in [0.1, 0.15) is 48.9 Å². The van der Waals surface area contributed by atoms with Gasteiger partial charge in [0.25, 0.3) is 5.91 Å². The number of ether oxygens (including phenoxy) is 1. The first-order valence-corrected chi connectivity index (χ1v) is 14.4. The summed E-state index contributed by atoms with van der Waals surface area (Å²) in [6.45, 7) is 4.05. The van der Waals surface area contributed by atoms with Gasteiger partial charge in [-0.25, -0.2) is 0 Å². The van der Waals surface area contributed by atoms with E-state index in [4.69, 9.17) is 4.74 Å². The summed E-state index contributed by atoms with van der Waals surface area (Å²) < 4.78 is 5.55. The molecule has 0 radical (unpaired) electrons. The molecule has 1 atom stereocenters. The van der Waals surface area contributed by atoms with Crippen molar-refractivity contribution < 1.29 is 14.3 Å². The average Bonchev–Trinajstić information content (AvgIpc) is 3.37. The fourth-order valence-corrected chi connectivity index (χ4v) is 7.62. The van der Waals surface area contributed by atoms with Crippen molar-refractivity contribution in [3.05, 3.63) is 29.8 Å². The maximum absolute atomic E-state index is 13.2. The second-order valence-electron chi connectivity index (χ2n) is 9.39. The Balaban J connectivity index is 1.35. The van der Waals surface area contributed by atoms with Crippen LogP contribution in [-0.4, -0.2) is 90.3 Å². The molecule has 8 heteroatoms. The molecule has 0 spiro atoms. The summed E-state index contributed by atoms with van der Waals surface area (Å²) in [4.78, 5) is 31.3. The van der Waals surface area contributed by atoms with Gasteiger partial charge in [0.2, 0.25) is 5.91 Å². The molecule has 2 aliphatic heterocycles. The molecule has 2 heterocycles. The monoisotopic (exact) mass is 491 g/mol. The number of nitrogens with one attached hydrogen (secondary N) is 1. The topological polar surface area (TPSA) is 61.9 Å². The van der Waals surface area contributed by atoms with E-state index in [0.29, 0.717) is 23.9 Å². The molecule has 1 aromatic rings. The first-order valence-electron chi connectivity index (χ1n) is 12.3. The molecule has 6 nitrogen and oxygen atoms in total. The van der Waals surface area contributed by atoms with Gasteiger partial charge in [0.15, 0.2) is 0 Å². The Hall–Kier alpha value is -1.22. The van der Waals surface area contributed by atoms with E-state index in [1.807, 2.05) is 48.0 Å². The normalized spacial score (nSPS) is 24.5. The molecule has 182 valence electrons. The molecule has 1 unspecified atom stereocenters. The number of carbonyl (C=O) groups is 2. The third-order valence-corrected chi connectivity index (χ3v) is 9.63. The summed E-state index contributed by atoms with van der Waals surface area (Å²) in [7, 11) is 1.93. The molecule has 4 rings (SSSR count). The van der Waals surface area contributed by atoms with Crippen molar-refractivity contribution in [3.63, 3.8) is 0 Å². The van der Waals surface area contributed by atoms with Crippen molar-refractivity contribution in [2.24, 2.45) is 0 Å². The molecule has 2 amide bonds. The lowest BCUT2D eigenvalue weighted by atomic mass is 9.94. The van der Waals surface area contributed by atoms with E-state index in [0.717, 1.165) is 62.0 Å². The maximum Gasteiger partial charge on any atom is 0.252 e. The number of thioether (sulfide) groups is 2. The minimum absolute atomic E-state index is 0.0187. The van der Waals surface area contributed by atoms with Crippen LogP contribution in [0.25, 0.3) is 0 Å². The van der Waals surface area contributed by atoms with Crippen LogP contribution >= 0.6 is 23.5 Å². The largest absolute Gasteiger partial charge is 0.379 e. The highest BCUT2D eigenvalue weighted by Crippen LogP contribution is 2.34. The van der Waals surface area contributed by atoms with Crippen molar-refractivity contribution >= 4 is 35.3 Å². The number of hydrogen-bond donors (Lipinski definition) is 1. The molecule has 0 bridgehead atoms. The summed E-state index contributed by atoms with van der Waals surface area (Å²) in [6, 6.07) is 8.04. The van der Waals surface area contributed by atoms with E-state index in [1.54, 1.807) is 0 Å². The van der Waals surface area contributed by atoms with Gasteiger partial charge in [0.05, 0.1) is 24.5 Å². The second-order valence-corrected chi connectivity index (χ2v) is 11.5. The third kappa shape index (κ3) is 6.27. The number of rotatable bonds is 8. The Morgan fingerprint density at radius 2 is 1.97 bits per heavy atom. The number of carbonyl (C=O) groups excluding carboxylic acids is 2. The zero-order chi connectivity index (χ0) is 23.1. The van der Waals surface area contributed by atoms with Gasteiger partial charge in [-0.15, -0.1) is 11.8 Å². The van der Waals surface area contributed by atoms with E-state index in [2.05, 4.69) is 10.2 Å². The lowest BCUT2D eigenvalue weighted by molar-refractivity contribution is -0.129. The Bertz CT molecular complexity index is 804. The lowest BCUT2D eigenvalue weighted by Gasteiger charge is -2.43. The molecule has 2 saturated heterocycles. The SMILES string of the molecule is CN(C(=O)CSc1ccccc1C(=O)NCC1(N2CCOCC2)CCSC1)C1CCCCC1. The van der Waals surface area contributed by atoms with Crippen molar-refractivity contribution in [1.82, 2.24) is 15.1 Å². The zero-order valence-corrected chi connectivity index (χ0v) is 21.4. The van der Waals surface area contributed by atoms with Crippen LogP contribution in [0.3, 0.4) is 0 Å². The number of amides is 2. The summed E-state index contributed by atoms with van der Waals surface area (Å²) in [5.74, 6) is 2.65. The molecular formula is C25H37N3O3S2. The molecule has 1 saturated carbocycles. The van der Waals surface area contributed by atoms with Gasteiger partial charge < -0.3 is 15.0 Å². The van der Waals surface area contributed by atoms with E-state index >= 15 is 0 Å². The first-order chi connectivity index (χ1) is 16.1. The van der Waals surface area contributed by atoms with Gasteiger partial charge in [-0.1, -0.05) is 31.4 Å². The lowest BCUT2D eigenvalue weighted by Crippen LogP contribution is -2.59. The minimum atomic E-state index is -0.0456. The molecule has 33 heavy (non-hydrogen) atoms. The Kier molecular flexibility index (Phi) is 9.02. The van der Waals surface area contributed by atoms with Gasteiger partial charge in [-0.3, -0.25) is 14.5 Å². The predicted molar refractivity (Wildman–Crippen MR) is 136 cm³/mol. The number of benzene rings is 1.